The minimum Gasteiger partial charge on any atom is -0.480 e. The number of hydrogen-bond acceptors (Lipinski definition) is 4. The Morgan fingerprint density at radius 2 is 2.00 bits per heavy atom. The van der Waals surface area contributed by atoms with Gasteiger partial charge in [0.1, 0.15) is 6.04 Å². The predicted molar refractivity (Wildman–Crippen MR) is 76.6 cm³/mol. The summed E-state index contributed by atoms with van der Waals surface area (Å²) in [6.45, 7) is 4.08. The molecule has 0 saturated heterocycles. The van der Waals surface area contributed by atoms with Crippen molar-refractivity contribution in [3.05, 3.63) is 0 Å². The zero-order valence-electron chi connectivity index (χ0n) is 13.0. The monoisotopic (exact) mass is 299 g/mol. The largest absolute Gasteiger partial charge is 0.480 e. The first-order chi connectivity index (χ1) is 9.77. The Bertz CT molecular complexity index is 405. The van der Waals surface area contributed by atoms with E-state index in [0.717, 1.165) is 25.7 Å². The van der Waals surface area contributed by atoms with Gasteiger partial charge in [-0.15, -0.1) is 0 Å². The van der Waals surface area contributed by atoms with Gasteiger partial charge in [0, 0.05) is 12.3 Å². The molecule has 6 heteroatoms. The topological polar surface area (TPSA) is 92.7 Å². The number of ether oxygens (including phenoxy) is 1. The number of methoxy groups -OCH3 is 1. The SMILES string of the molecule is COC(=O)CC[C@H](NC(=O)C1CCCCC1(C)C)C(=O)O. The second-order valence-electron chi connectivity index (χ2n) is 6.30. The smallest absolute Gasteiger partial charge is 0.326 e. The third-order valence-electron chi connectivity index (χ3n) is 4.30. The van der Waals surface area contributed by atoms with Crippen LogP contribution in [0, 0.1) is 11.3 Å². The van der Waals surface area contributed by atoms with E-state index >= 15 is 0 Å². The van der Waals surface area contributed by atoms with Crippen LogP contribution < -0.4 is 5.32 Å². The molecule has 1 rings (SSSR count). The molecule has 1 aliphatic rings. The van der Waals surface area contributed by atoms with E-state index in [2.05, 4.69) is 10.1 Å². The average molecular weight is 299 g/mol. The van der Waals surface area contributed by atoms with Gasteiger partial charge in [-0.1, -0.05) is 26.7 Å². The number of rotatable bonds is 6. The Labute approximate surface area is 125 Å². The van der Waals surface area contributed by atoms with Crippen LogP contribution in [0.4, 0.5) is 0 Å². The van der Waals surface area contributed by atoms with E-state index in [4.69, 9.17) is 5.11 Å². The van der Waals surface area contributed by atoms with Crippen LogP contribution in [0.2, 0.25) is 0 Å². The second kappa shape index (κ2) is 7.43. The predicted octanol–water partition coefficient (Wildman–Crippen LogP) is 1.73. The van der Waals surface area contributed by atoms with Crippen molar-refractivity contribution in [2.24, 2.45) is 11.3 Å². The lowest BCUT2D eigenvalue weighted by Gasteiger charge is -2.38. The molecule has 0 heterocycles. The van der Waals surface area contributed by atoms with Crippen molar-refractivity contribution < 1.29 is 24.2 Å². The maximum absolute atomic E-state index is 12.4. The van der Waals surface area contributed by atoms with Crippen molar-refractivity contribution in [3.8, 4) is 0 Å². The average Bonchev–Trinajstić information content (AvgIpc) is 2.41. The molecule has 0 aromatic heterocycles. The highest BCUT2D eigenvalue weighted by Gasteiger charge is 2.38. The van der Waals surface area contributed by atoms with Gasteiger partial charge in [-0.3, -0.25) is 9.59 Å². The number of carbonyl (C=O) groups excluding carboxylic acids is 2. The number of carboxylic acids is 1. The first-order valence-corrected chi connectivity index (χ1v) is 7.38. The molecule has 0 radical (unpaired) electrons. The fourth-order valence-electron chi connectivity index (χ4n) is 2.87. The third-order valence-corrected chi connectivity index (χ3v) is 4.30. The summed E-state index contributed by atoms with van der Waals surface area (Å²) in [7, 11) is 1.25. The molecule has 6 nitrogen and oxygen atoms in total. The maximum Gasteiger partial charge on any atom is 0.326 e. The highest BCUT2D eigenvalue weighted by Crippen LogP contribution is 2.40. The van der Waals surface area contributed by atoms with Crippen molar-refractivity contribution in [2.75, 3.05) is 7.11 Å². The normalized spacial score (nSPS) is 22.1. The van der Waals surface area contributed by atoms with Gasteiger partial charge in [0.15, 0.2) is 0 Å². The molecule has 0 spiro atoms. The number of nitrogens with one attached hydrogen (secondary N) is 1. The summed E-state index contributed by atoms with van der Waals surface area (Å²) in [5.41, 5.74) is -0.117. The van der Waals surface area contributed by atoms with E-state index in [1.165, 1.54) is 7.11 Å². The standard InChI is InChI=1S/C15H25NO5/c1-15(2)9-5-4-6-10(15)13(18)16-11(14(19)20)7-8-12(17)21-3/h10-11H,4-9H2,1-3H3,(H,16,18)(H,19,20)/t10?,11-/m0/s1. The first-order valence-electron chi connectivity index (χ1n) is 7.38. The van der Waals surface area contributed by atoms with Crippen molar-refractivity contribution in [1.82, 2.24) is 5.32 Å². The quantitative estimate of drug-likeness (QED) is 0.729. The Balaban J connectivity index is 2.63. The highest BCUT2D eigenvalue weighted by atomic mass is 16.5. The van der Waals surface area contributed by atoms with Crippen LogP contribution in [0.15, 0.2) is 0 Å². The molecule has 120 valence electrons. The zero-order valence-corrected chi connectivity index (χ0v) is 13.0. The molecule has 1 aliphatic carbocycles. The van der Waals surface area contributed by atoms with Gasteiger partial charge in [0.25, 0.3) is 0 Å². The van der Waals surface area contributed by atoms with Gasteiger partial charge in [-0.2, -0.15) is 0 Å². The van der Waals surface area contributed by atoms with Crippen LogP contribution in [0.25, 0.3) is 0 Å². The van der Waals surface area contributed by atoms with Crippen LogP contribution in [-0.4, -0.2) is 36.1 Å². The molecule has 1 saturated carbocycles. The first kappa shape index (κ1) is 17.5. The molecule has 21 heavy (non-hydrogen) atoms. The minimum absolute atomic E-state index is 0.0260. The van der Waals surface area contributed by atoms with Gasteiger partial charge in [0.05, 0.1) is 7.11 Å². The number of aliphatic carboxylic acids is 1. The van der Waals surface area contributed by atoms with Gasteiger partial charge in [0.2, 0.25) is 5.91 Å². The van der Waals surface area contributed by atoms with Crippen LogP contribution in [-0.2, 0) is 19.1 Å². The maximum atomic E-state index is 12.4. The number of carbonyl (C=O) groups is 3. The van der Waals surface area contributed by atoms with E-state index in [9.17, 15) is 14.4 Å². The minimum atomic E-state index is -1.12. The van der Waals surface area contributed by atoms with Crippen molar-refractivity contribution >= 4 is 17.8 Å². The van der Waals surface area contributed by atoms with Crippen molar-refractivity contribution in [1.29, 1.82) is 0 Å². The summed E-state index contributed by atoms with van der Waals surface area (Å²) in [5, 5.41) is 11.7. The van der Waals surface area contributed by atoms with Gasteiger partial charge in [-0.05, 0) is 24.7 Å². The van der Waals surface area contributed by atoms with Gasteiger partial charge < -0.3 is 15.2 Å². The van der Waals surface area contributed by atoms with E-state index in [1.807, 2.05) is 13.8 Å². The second-order valence-corrected chi connectivity index (χ2v) is 6.30. The summed E-state index contributed by atoms with van der Waals surface area (Å²) in [4.78, 5) is 34.7. The lowest BCUT2D eigenvalue weighted by Crippen LogP contribution is -2.48. The van der Waals surface area contributed by atoms with Crippen LogP contribution in [0.1, 0.15) is 52.4 Å². The zero-order chi connectivity index (χ0) is 16.0. The van der Waals surface area contributed by atoms with Crippen LogP contribution in [0.3, 0.4) is 0 Å². The van der Waals surface area contributed by atoms with E-state index in [0.29, 0.717) is 0 Å². The third kappa shape index (κ3) is 5.02. The molecule has 1 fully saturated rings. The molecule has 0 aliphatic heterocycles. The van der Waals surface area contributed by atoms with Crippen LogP contribution >= 0.6 is 0 Å². The molecular formula is C15H25NO5. The fourth-order valence-corrected chi connectivity index (χ4v) is 2.87. The fraction of sp³-hybridized carbons (Fsp3) is 0.800. The van der Waals surface area contributed by atoms with E-state index in [1.54, 1.807) is 0 Å². The molecule has 2 atom stereocenters. The Kier molecular flexibility index (Phi) is 6.18. The summed E-state index contributed by atoms with van der Waals surface area (Å²) in [5.74, 6) is -2.00. The summed E-state index contributed by atoms with van der Waals surface area (Å²) in [6, 6.07) is -1.05. The summed E-state index contributed by atoms with van der Waals surface area (Å²) in [6.07, 6.45) is 3.85. The Morgan fingerprint density at radius 3 is 2.52 bits per heavy atom. The lowest BCUT2D eigenvalue weighted by molar-refractivity contribution is -0.145. The summed E-state index contributed by atoms with van der Waals surface area (Å²) >= 11 is 0. The van der Waals surface area contributed by atoms with Gasteiger partial charge in [-0.25, -0.2) is 4.79 Å². The molecule has 2 N–H and O–H groups in total. The number of esters is 1. The van der Waals surface area contributed by atoms with E-state index < -0.39 is 18.0 Å². The van der Waals surface area contributed by atoms with Crippen LogP contribution in [0.5, 0.6) is 0 Å². The lowest BCUT2D eigenvalue weighted by atomic mass is 9.68. The van der Waals surface area contributed by atoms with E-state index in [-0.39, 0.29) is 30.1 Å². The molecular weight excluding hydrogens is 274 g/mol. The number of amides is 1. The Morgan fingerprint density at radius 1 is 1.33 bits per heavy atom. The van der Waals surface area contributed by atoms with Gasteiger partial charge >= 0.3 is 11.9 Å². The number of carboxylic acid groups (broad SMARTS) is 1. The summed E-state index contributed by atoms with van der Waals surface area (Å²) < 4.78 is 4.49. The molecule has 1 amide bonds. The van der Waals surface area contributed by atoms with Crippen molar-refractivity contribution in [3.63, 3.8) is 0 Å². The Hall–Kier alpha value is -1.59. The van der Waals surface area contributed by atoms with Crippen molar-refractivity contribution in [2.45, 2.75) is 58.4 Å². The molecule has 0 bridgehead atoms. The molecule has 0 aromatic carbocycles. The molecule has 0 aromatic rings. The number of hydrogen-bond donors (Lipinski definition) is 2. The molecule has 1 unspecified atom stereocenters. The highest BCUT2D eigenvalue weighted by molar-refractivity contribution is 5.85.